The zero-order valence-electron chi connectivity index (χ0n) is 12.7. The third-order valence-electron chi connectivity index (χ3n) is 3.02. The molecule has 0 bridgehead atoms. The van der Waals surface area contributed by atoms with Gasteiger partial charge in [-0.25, -0.2) is 9.78 Å². The highest BCUT2D eigenvalue weighted by molar-refractivity contribution is 7.18. The number of nitrogens with zero attached hydrogens (tertiary/aromatic N) is 2. The van der Waals surface area contributed by atoms with Crippen LogP contribution in [0.25, 0.3) is 11.3 Å². The number of ether oxygens (including phenoxy) is 1. The molecule has 7 nitrogen and oxygen atoms in total. The molecule has 0 saturated heterocycles. The van der Waals surface area contributed by atoms with Gasteiger partial charge in [0.25, 0.3) is 5.91 Å². The van der Waals surface area contributed by atoms with Crippen molar-refractivity contribution < 1.29 is 18.8 Å². The van der Waals surface area contributed by atoms with E-state index in [9.17, 15) is 9.59 Å². The molecule has 3 aromatic rings. The molecule has 1 aromatic carbocycles. The fourth-order valence-electron chi connectivity index (χ4n) is 1.99. The van der Waals surface area contributed by atoms with Crippen molar-refractivity contribution in [2.45, 2.75) is 6.92 Å². The van der Waals surface area contributed by atoms with Crippen molar-refractivity contribution in [1.82, 2.24) is 10.1 Å². The van der Waals surface area contributed by atoms with Crippen LogP contribution in [-0.2, 0) is 4.74 Å². The summed E-state index contributed by atoms with van der Waals surface area (Å²) in [5.74, 6) is -0.908. The van der Waals surface area contributed by atoms with Crippen LogP contribution >= 0.6 is 11.3 Å². The van der Waals surface area contributed by atoms with Gasteiger partial charge >= 0.3 is 5.97 Å². The first-order valence-electron chi connectivity index (χ1n) is 7.14. The molecule has 122 valence electrons. The van der Waals surface area contributed by atoms with Gasteiger partial charge in [0.1, 0.15) is 4.88 Å². The van der Waals surface area contributed by atoms with Gasteiger partial charge in [0.2, 0.25) is 5.76 Å². The van der Waals surface area contributed by atoms with E-state index in [1.165, 1.54) is 12.3 Å². The Morgan fingerprint density at radius 1 is 1.25 bits per heavy atom. The molecule has 1 amide bonds. The zero-order chi connectivity index (χ0) is 16.9. The highest BCUT2D eigenvalue weighted by Gasteiger charge is 2.22. The molecule has 8 heteroatoms. The number of nitrogens with one attached hydrogen (secondary N) is 1. The molecule has 0 aliphatic carbocycles. The van der Waals surface area contributed by atoms with Crippen molar-refractivity contribution in [2.75, 3.05) is 11.9 Å². The van der Waals surface area contributed by atoms with E-state index in [4.69, 9.17) is 9.26 Å². The number of aromatic nitrogens is 2. The number of carbonyl (C=O) groups excluding carboxylic acids is 2. The molecule has 3 rings (SSSR count). The molecule has 0 saturated carbocycles. The summed E-state index contributed by atoms with van der Waals surface area (Å²) in [6.07, 6.45) is 1.37. The average molecular weight is 343 g/mol. The number of amides is 1. The lowest BCUT2D eigenvalue weighted by atomic mass is 10.1. The van der Waals surface area contributed by atoms with Gasteiger partial charge in [-0.05, 0) is 6.92 Å². The van der Waals surface area contributed by atoms with Crippen LogP contribution in [0.1, 0.15) is 27.2 Å². The number of esters is 1. The van der Waals surface area contributed by atoms with Crippen LogP contribution in [0.3, 0.4) is 0 Å². The van der Waals surface area contributed by atoms with E-state index in [-0.39, 0.29) is 17.5 Å². The van der Waals surface area contributed by atoms with E-state index < -0.39 is 11.9 Å². The second-order valence-corrected chi connectivity index (χ2v) is 5.61. The second kappa shape index (κ2) is 7.05. The predicted molar refractivity (Wildman–Crippen MR) is 88.0 cm³/mol. The average Bonchev–Trinajstić information content (AvgIpc) is 3.26. The van der Waals surface area contributed by atoms with Crippen molar-refractivity contribution in [1.29, 1.82) is 0 Å². The summed E-state index contributed by atoms with van der Waals surface area (Å²) in [7, 11) is 0. The Morgan fingerprint density at radius 3 is 2.71 bits per heavy atom. The Balaban J connectivity index is 1.94. The largest absolute Gasteiger partial charge is 0.462 e. The van der Waals surface area contributed by atoms with Crippen LogP contribution in [0.15, 0.2) is 47.1 Å². The summed E-state index contributed by atoms with van der Waals surface area (Å²) in [5, 5.41) is 6.36. The topological polar surface area (TPSA) is 94.3 Å². The molecule has 0 radical (unpaired) electrons. The third kappa shape index (κ3) is 3.33. The first kappa shape index (κ1) is 15.9. The van der Waals surface area contributed by atoms with Gasteiger partial charge in [-0.1, -0.05) is 46.8 Å². The monoisotopic (exact) mass is 343 g/mol. The lowest BCUT2D eigenvalue weighted by Crippen LogP contribution is -2.10. The number of thiazole rings is 1. The molecule has 0 aliphatic rings. The van der Waals surface area contributed by atoms with Crippen molar-refractivity contribution in [2.24, 2.45) is 0 Å². The molecule has 0 unspecified atom stereocenters. The summed E-state index contributed by atoms with van der Waals surface area (Å²) in [5.41, 5.74) is 1.23. The summed E-state index contributed by atoms with van der Waals surface area (Å²) in [4.78, 5) is 28.9. The van der Waals surface area contributed by atoms with Crippen molar-refractivity contribution in [3.63, 3.8) is 0 Å². The van der Waals surface area contributed by atoms with E-state index in [0.29, 0.717) is 10.6 Å². The number of benzene rings is 1. The van der Waals surface area contributed by atoms with Crippen molar-refractivity contribution >= 4 is 28.3 Å². The molecule has 24 heavy (non-hydrogen) atoms. The SMILES string of the molecule is CCOC(=O)c1sc(NC(=O)c2ccno2)nc1-c1ccccc1. The highest BCUT2D eigenvalue weighted by Crippen LogP contribution is 2.32. The quantitative estimate of drug-likeness (QED) is 0.715. The Hall–Kier alpha value is -3.00. The predicted octanol–water partition coefficient (Wildman–Crippen LogP) is 3.23. The fraction of sp³-hybridized carbons (Fsp3) is 0.125. The van der Waals surface area contributed by atoms with Crippen LogP contribution < -0.4 is 5.32 Å². The smallest absolute Gasteiger partial charge is 0.350 e. The van der Waals surface area contributed by atoms with Crippen LogP contribution in [-0.4, -0.2) is 28.6 Å². The molecule has 0 fully saturated rings. The van der Waals surface area contributed by atoms with Gasteiger partial charge in [0.05, 0.1) is 18.5 Å². The number of hydrogen-bond donors (Lipinski definition) is 1. The first-order chi connectivity index (χ1) is 11.7. The van der Waals surface area contributed by atoms with Gasteiger partial charge in [-0.15, -0.1) is 0 Å². The minimum Gasteiger partial charge on any atom is -0.462 e. The fourth-order valence-corrected chi connectivity index (χ4v) is 2.87. The van der Waals surface area contributed by atoms with Crippen LogP contribution in [0.5, 0.6) is 0 Å². The summed E-state index contributed by atoms with van der Waals surface area (Å²) in [6.45, 7) is 1.98. The maximum atomic E-state index is 12.2. The Labute approximate surface area is 141 Å². The lowest BCUT2D eigenvalue weighted by molar-refractivity contribution is 0.0532. The standard InChI is InChI=1S/C16H13N3O4S/c1-2-22-15(21)13-12(10-6-4-3-5-7-10)18-16(24-13)19-14(20)11-8-9-17-23-11/h3-9H,2H2,1H3,(H,18,19,20). The van der Waals surface area contributed by atoms with Gasteiger partial charge in [0, 0.05) is 11.6 Å². The van der Waals surface area contributed by atoms with Crippen LogP contribution in [0, 0.1) is 0 Å². The number of rotatable bonds is 5. The Morgan fingerprint density at radius 2 is 2.04 bits per heavy atom. The van der Waals surface area contributed by atoms with Gasteiger partial charge in [0.15, 0.2) is 5.13 Å². The minimum atomic E-state index is -0.490. The Kier molecular flexibility index (Phi) is 4.66. The molecular weight excluding hydrogens is 330 g/mol. The zero-order valence-corrected chi connectivity index (χ0v) is 13.5. The van der Waals surface area contributed by atoms with E-state index in [0.717, 1.165) is 16.9 Å². The van der Waals surface area contributed by atoms with Gasteiger partial charge in [-0.2, -0.15) is 0 Å². The van der Waals surface area contributed by atoms with E-state index in [1.807, 2.05) is 30.3 Å². The van der Waals surface area contributed by atoms with E-state index in [2.05, 4.69) is 15.5 Å². The molecule has 2 heterocycles. The highest BCUT2D eigenvalue weighted by atomic mass is 32.1. The minimum absolute atomic E-state index is 0.0594. The molecule has 1 N–H and O–H groups in total. The van der Waals surface area contributed by atoms with Crippen LogP contribution in [0.4, 0.5) is 5.13 Å². The normalized spacial score (nSPS) is 10.4. The van der Waals surface area contributed by atoms with E-state index >= 15 is 0 Å². The molecule has 0 aliphatic heterocycles. The second-order valence-electron chi connectivity index (χ2n) is 4.61. The van der Waals surface area contributed by atoms with Crippen LogP contribution in [0.2, 0.25) is 0 Å². The van der Waals surface area contributed by atoms with E-state index in [1.54, 1.807) is 6.92 Å². The maximum Gasteiger partial charge on any atom is 0.350 e. The number of anilines is 1. The van der Waals surface area contributed by atoms with Gasteiger partial charge < -0.3 is 9.26 Å². The summed E-state index contributed by atoms with van der Waals surface area (Å²) >= 11 is 1.05. The summed E-state index contributed by atoms with van der Waals surface area (Å²) in [6, 6.07) is 10.7. The summed E-state index contributed by atoms with van der Waals surface area (Å²) < 4.78 is 9.87. The first-order valence-corrected chi connectivity index (χ1v) is 7.96. The molecule has 0 atom stereocenters. The lowest BCUT2D eigenvalue weighted by Gasteiger charge is -2.01. The van der Waals surface area contributed by atoms with Crippen molar-refractivity contribution in [3.05, 3.63) is 53.2 Å². The van der Waals surface area contributed by atoms with Gasteiger partial charge in [-0.3, -0.25) is 10.1 Å². The maximum absolute atomic E-state index is 12.2. The Bertz CT molecular complexity index is 844. The number of carbonyl (C=O) groups is 2. The number of hydrogen-bond acceptors (Lipinski definition) is 7. The molecular formula is C16H13N3O4S. The molecule has 2 aromatic heterocycles. The molecule has 0 spiro atoms. The third-order valence-corrected chi connectivity index (χ3v) is 3.97. The van der Waals surface area contributed by atoms with Crippen molar-refractivity contribution in [3.8, 4) is 11.3 Å².